The van der Waals surface area contributed by atoms with E-state index in [4.69, 9.17) is 19.3 Å². The summed E-state index contributed by atoms with van der Waals surface area (Å²) in [5.41, 5.74) is 4.90. The van der Waals surface area contributed by atoms with E-state index in [0.29, 0.717) is 43.4 Å². The lowest BCUT2D eigenvalue weighted by atomic mass is 9.98. The Morgan fingerprint density at radius 1 is 0.875 bits per heavy atom. The zero-order chi connectivity index (χ0) is 28.2. The van der Waals surface area contributed by atoms with Gasteiger partial charge in [-0.05, 0) is 37.0 Å². The summed E-state index contributed by atoms with van der Waals surface area (Å²) in [5, 5.41) is 5.06. The molecule has 0 spiro atoms. The number of nitrogens with zero attached hydrogens (tertiary/aromatic N) is 3. The predicted molar refractivity (Wildman–Crippen MR) is 155 cm³/mol. The number of carbonyl (C=O) groups is 2. The van der Waals surface area contributed by atoms with Crippen molar-refractivity contribution >= 4 is 23.3 Å². The molecule has 0 atom stereocenters. The molecule has 0 aliphatic carbocycles. The van der Waals surface area contributed by atoms with Crippen molar-refractivity contribution in [3.05, 3.63) is 77.4 Å². The van der Waals surface area contributed by atoms with Gasteiger partial charge in [-0.1, -0.05) is 68.4 Å². The second-order valence-corrected chi connectivity index (χ2v) is 9.96. The van der Waals surface area contributed by atoms with E-state index in [-0.39, 0.29) is 24.3 Å². The summed E-state index contributed by atoms with van der Waals surface area (Å²) in [5.74, 6) is -0.110. The van der Waals surface area contributed by atoms with Crippen LogP contribution in [0.5, 0.6) is 0 Å². The molecular formula is C32H35N3O5. The van der Waals surface area contributed by atoms with E-state index in [1.807, 2.05) is 60.7 Å². The van der Waals surface area contributed by atoms with Crippen molar-refractivity contribution in [2.24, 2.45) is 0 Å². The number of carbonyl (C=O) groups excluding carboxylic acids is 2. The van der Waals surface area contributed by atoms with Crippen LogP contribution in [0, 0.1) is 0 Å². The highest BCUT2D eigenvalue weighted by atomic mass is 16.5. The van der Waals surface area contributed by atoms with Crippen molar-refractivity contribution < 1.29 is 23.8 Å². The lowest BCUT2D eigenvalue weighted by molar-refractivity contribution is 0.0482. The number of ether oxygens (including phenoxy) is 3. The highest BCUT2D eigenvalue weighted by molar-refractivity contribution is 6.15. The van der Waals surface area contributed by atoms with Gasteiger partial charge >= 0.3 is 11.9 Å². The number of hydrogen-bond acceptors (Lipinski definition) is 7. The zero-order valence-electron chi connectivity index (χ0n) is 23.5. The third kappa shape index (κ3) is 5.19. The van der Waals surface area contributed by atoms with Gasteiger partial charge in [-0.2, -0.15) is 0 Å². The minimum absolute atomic E-state index is 0.154. The van der Waals surface area contributed by atoms with Gasteiger partial charge < -0.3 is 19.1 Å². The number of morpholine rings is 1. The topological polar surface area (TPSA) is 82.4 Å². The lowest BCUT2D eigenvalue weighted by Gasteiger charge is -2.28. The first-order valence-corrected chi connectivity index (χ1v) is 13.9. The van der Waals surface area contributed by atoms with Crippen LogP contribution in [-0.4, -0.2) is 61.1 Å². The van der Waals surface area contributed by atoms with Crippen molar-refractivity contribution in [3.8, 4) is 22.4 Å². The summed E-state index contributed by atoms with van der Waals surface area (Å²) < 4.78 is 18.4. The Labute approximate surface area is 234 Å². The summed E-state index contributed by atoms with van der Waals surface area (Å²) in [6.07, 6.45) is 0. The van der Waals surface area contributed by atoms with Gasteiger partial charge in [-0.3, -0.25) is 0 Å². The van der Waals surface area contributed by atoms with Gasteiger partial charge in [0.15, 0.2) is 0 Å². The second kappa shape index (κ2) is 11.9. The highest BCUT2D eigenvalue weighted by Gasteiger charge is 2.34. The molecule has 5 rings (SSSR count). The Kier molecular flexibility index (Phi) is 8.16. The molecule has 1 aliphatic rings. The van der Waals surface area contributed by atoms with Crippen molar-refractivity contribution in [1.82, 2.24) is 9.61 Å². The molecule has 0 amide bonds. The van der Waals surface area contributed by atoms with Gasteiger partial charge in [0.1, 0.15) is 16.9 Å². The molecule has 8 nitrogen and oxygen atoms in total. The Morgan fingerprint density at radius 3 is 2.10 bits per heavy atom. The molecule has 0 saturated carbocycles. The first-order valence-electron chi connectivity index (χ1n) is 13.9. The average molecular weight is 542 g/mol. The third-order valence-electron chi connectivity index (χ3n) is 7.11. The van der Waals surface area contributed by atoms with Crippen molar-refractivity contribution in [2.75, 3.05) is 44.4 Å². The van der Waals surface area contributed by atoms with E-state index in [2.05, 4.69) is 18.7 Å². The molecule has 0 bridgehead atoms. The number of esters is 2. The maximum Gasteiger partial charge on any atom is 0.341 e. The fourth-order valence-corrected chi connectivity index (χ4v) is 5.12. The molecule has 1 saturated heterocycles. The van der Waals surface area contributed by atoms with Crippen LogP contribution in [0.25, 0.3) is 27.9 Å². The van der Waals surface area contributed by atoms with E-state index in [0.717, 1.165) is 22.5 Å². The summed E-state index contributed by atoms with van der Waals surface area (Å²) >= 11 is 0. The van der Waals surface area contributed by atoms with Crippen molar-refractivity contribution in [2.45, 2.75) is 33.6 Å². The highest BCUT2D eigenvalue weighted by Crippen LogP contribution is 2.39. The van der Waals surface area contributed by atoms with Crippen LogP contribution in [0.3, 0.4) is 0 Å². The van der Waals surface area contributed by atoms with Crippen molar-refractivity contribution in [3.63, 3.8) is 0 Å². The van der Waals surface area contributed by atoms with Crippen LogP contribution < -0.4 is 4.90 Å². The molecule has 2 aromatic heterocycles. The molecule has 1 fully saturated rings. The second-order valence-electron chi connectivity index (χ2n) is 9.96. The summed E-state index contributed by atoms with van der Waals surface area (Å²) in [7, 11) is 0. The Bertz CT molecular complexity index is 1500. The van der Waals surface area contributed by atoms with E-state index in [1.54, 1.807) is 18.4 Å². The predicted octanol–water partition coefficient (Wildman–Crippen LogP) is 5.98. The number of rotatable bonds is 8. The first kappa shape index (κ1) is 27.4. The smallest absolute Gasteiger partial charge is 0.341 e. The SMILES string of the molecule is CCOC(=O)c1c(C(=O)OCC)c2c(-c3ccccc3)cc(N3CCOCC3)nn2c1-c1ccc(C(C)C)cc1. The lowest BCUT2D eigenvalue weighted by Crippen LogP contribution is -2.37. The van der Waals surface area contributed by atoms with Gasteiger partial charge in [-0.15, -0.1) is 5.10 Å². The monoisotopic (exact) mass is 541 g/mol. The zero-order valence-corrected chi connectivity index (χ0v) is 23.5. The number of fused-ring (bicyclic) bond motifs is 1. The number of anilines is 1. The third-order valence-corrected chi connectivity index (χ3v) is 7.11. The maximum atomic E-state index is 13.6. The molecule has 40 heavy (non-hydrogen) atoms. The largest absolute Gasteiger partial charge is 0.462 e. The van der Waals surface area contributed by atoms with Gasteiger partial charge in [0.2, 0.25) is 0 Å². The number of aromatic nitrogens is 2. The van der Waals surface area contributed by atoms with E-state index < -0.39 is 11.9 Å². The first-order chi connectivity index (χ1) is 19.4. The van der Waals surface area contributed by atoms with Crippen LogP contribution in [0.1, 0.15) is 59.9 Å². The van der Waals surface area contributed by atoms with Crippen LogP contribution in [0.2, 0.25) is 0 Å². The normalized spacial score (nSPS) is 13.6. The van der Waals surface area contributed by atoms with Crippen molar-refractivity contribution in [1.29, 1.82) is 0 Å². The van der Waals surface area contributed by atoms with E-state index in [9.17, 15) is 9.59 Å². The molecule has 0 N–H and O–H groups in total. The van der Waals surface area contributed by atoms with Gasteiger partial charge in [0, 0.05) is 24.2 Å². The Balaban J connectivity index is 1.91. The maximum absolute atomic E-state index is 13.6. The molecule has 1 aliphatic heterocycles. The van der Waals surface area contributed by atoms with Crippen LogP contribution in [0.4, 0.5) is 5.82 Å². The summed E-state index contributed by atoms with van der Waals surface area (Å²) in [6, 6.07) is 19.8. The minimum atomic E-state index is -0.592. The average Bonchev–Trinajstić information content (AvgIpc) is 3.33. The molecule has 8 heteroatoms. The molecular weight excluding hydrogens is 506 g/mol. The Morgan fingerprint density at radius 2 is 1.50 bits per heavy atom. The molecule has 3 heterocycles. The number of benzene rings is 2. The van der Waals surface area contributed by atoms with Crippen LogP contribution in [0.15, 0.2) is 60.7 Å². The van der Waals surface area contributed by atoms with E-state index >= 15 is 0 Å². The van der Waals surface area contributed by atoms with E-state index in [1.165, 1.54) is 5.56 Å². The van der Waals surface area contributed by atoms with Gasteiger partial charge in [0.25, 0.3) is 0 Å². The molecule has 0 unspecified atom stereocenters. The molecule has 2 aromatic carbocycles. The van der Waals surface area contributed by atoms with Gasteiger partial charge in [0.05, 0.1) is 37.6 Å². The molecule has 4 aromatic rings. The fourth-order valence-electron chi connectivity index (χ4n) is 5.12. The number of hydrogen-bond donors (Lipinski definition) is 0. The fraction of sp³-hybridized carbons (Fsp3) is 0.344. The Hall–Kier alpha value is -4.17. The molecule has 208 valence electrons. The molecule has 0 radical (unpaired) electrons. The van der Waals surface area contributed by atoms with Gasteiger partial charge in [-0.25, -0.2) is 14.1 Å². The van der Waals surface area contributed by atoms with Crippen LogP contribution >= 0.6 is 0 Å². The standard InChI is InChI=1S/C32H35N3O5/c1-5-39-31(36)27-28(32(37)40-6-2)30-25(23-10-8-7-9-11-23)20-26(34-16-18-38-19-17-34)33-35(30)29(27)24-14-12-22(13-15-24)21(3)4/h7-15,20-21H,5-6,16-19H2,1-4H3. The van der Waals surface area contributed by atoms with Crippen LogP contribution in [-0.2, 0) is 14.2 Å². The quantitative estimate of drug-likeness (QED) is 0.254. The minimum Gasteiger partial charge on any atom is -0.462 e. The summed E-state index contributed by atoms with van der Waals surface area (Å²) in [4.78, 5) is 29.5. The summed E-state index contributed by atoms with van der Waals surface area (Å²) in [6.45, 7) is 10.6.